The summed E-state index contributed by atoms with van der Waals surface area (Å²) in [4.78, 5) is 25.2. The van der Waals surface area contributed by atoms with E-state index < -0.39 is 0 Å². The fraction of sp³-hybridized carbons (Fsp3) is 0.261. The van der Waals surface area contributed by atoms with E-state index in [4.69, 9.17) is 26.3 Å². The Balaban J connectivity index is 1.51. The number of benzene rings is 2. The quantitative estimate of drug-likeness (QED) is 0.457. The van der Waals surface area contributed by atoms with Crippen molar-refractivity contribution in [1.82, 2.24) is 19.4 Å². The Hall–Kier alpha value is -2.58. The van der Waals surface area contributed by atoms with Crippen molar-refractivity contribution in [3.05, 3.63) is 80.1 Å². The number of morpholine rings is 1. The van der Waals surface area contributed by atoms with Crippen LogP contribution in [0.4, 0.5) is 0 Å². The van der Waals surface area contributed by atoms with Gasteiger partial charge >= 0.3 is 0 Å². The Bertz CT molecular complexity index is 1280. The van der Waals surface area contributed by atoms with Crippen LogP contribution in [0, 0.1) is 0 Å². The van der Waals surface area contributed by atoms with Crippen molar-refractivity contribution >= 4 is 33.8 Å². The summed E-state index contributed by atoms with van der Waals surface area (Å²) in [5, 5.41) is 4.16. The number of halogens is 1. The van der Waals surface area contributed by atoms with E-state index in [1.54, 1.807) is 4.57 Å². The number of fused-ring (bicyclic) bond motifs is 1. The largest absolute Gasteiger partial charge is 0.379 e. The van der Waals surface area contributed by atoms with E-state index in [0.717, 1.165) is 40.7 Å². The van der Waals surface area contributed by atoms with E-state index in [1.165, 1.54) is 11.3 Å². The van der Waals surface area contributed by atoms with Gasteiger partial charge in [0.05, 0.1) is 42.9 Å². The van der Waals surface area contributed by atoms with Crippen LogP contribution in [-0.2, 0) is 17.8 Å². The summed E-state index contributed by atoms with van der Waals surface area (Å²) >= 11 is 7.67. The van der Waals surface area contributed by atoms with E-state index >= 15 is 0 Å². The summed E-state index contributed by atoms with van der Waals surface area (Å²) < 4.78 is 7.22. The van der Waals surface area contributed by atoms with Gasteiger partial charge in [0.25, 0.3) is 5.56 Å². The highest BCUT2D eigenvalue weighted by molar-refractivity contribution is 7.09. The number of ether oxygens (including phenoxy) is 1. The lowest BCUT2D eigenvalue weighted by atomic mass is 10.2. The first-order chi connectivity index (χ1) is 15.2. The molecule has 1 aliphatic rings. The Labute approximate surface area is 188 Å². The van der Waals surface area contributed by atoms with Gasteiger partial charge in [-0.1, -0.05) is 35.9 Å². The molecule has 1 fully saturated rings. The smallest absolute Gasteiger partial charge is 0.261 e. The summed E-state index contributed by atoms with van der Waals surface area (Å²) in [6.07, 6.45) is 0. The molecule has 0 amide bonds. The molecule has 0 saturated carbocycles. The number of hydrogen-bond acceptors (Lipinski definition) is 6. The van der Waals surface area contributed by atoms with Gasteiger partial charge in [-0.15, -0.1) is 11.3 Å². The maximum atomic E-state index is 13.4. The SMILES string of the molecule is O=c1c2ccccc2nc(CN2CCOCC2)n1Cc1nc(-c2cccc(Cl)c2)cs1. The number of thiazole rings is 1. The molecule has 1 aliphatic heterocycles. The summed E-state index contributed by atoms with van der Waals surface area (Å²) in [5.74, 6) is 0.755. The molecule has 3 heterocycles. The van der Waals surface area contributed by atoms with Crippen LogP contribution in [0.5, 0.6) is 0 Å². The van der Waals surface area contributed by atoms with E-state index in [-0.39, 0.29) is 5.56 Å². The lowest BCUT2D eigenvalue weighted by Crippen LogP contribution is -2.38. The zero-order chi connectivity index (χ0) is 21.2. The Morgan fingerprint density at radius 1 is 1.03 bits per heavy atom. The third-order valence-corrected chi connectivity index (χ3v) is 6.44. The normalized spacial score (nSPS) is 14.9. The molecule has 6 nitrogen and oxygen atoms in total. The fourth-order valence-corrected chi connectivity index (χ4v) is 4.74. The van der Waals surface area contributed by atoms with Gasteiger partial charge in [0.2, 0.25) is 0 Å². The van der Waals surface area contributed by atoms with Crippen molar-refractivity contribution in [3.63, 3.8) is 0 Å². The first-order valence-electron chi connectivity index (χ1n) is 10.2. The zero-order valence-electron chi connectivity index (χ0n) is 16.8. The summed E-state index contributed by atoms with van der Waals surface area (Å²) in [5.41, 5.74) is 2.52. The summed E-state index contributed by atoms with van der Waals surface area (Å²) in [7, 11) is 0. The standard InChI is InChI=1S/C23H21ClN4O2S/c24-17-5-3-4-16(12-17)20-15-31-22(26-20)14-28-21(13-27-8-10-30-11-9-27)25-19-7-2-1-6-18(19)23(28)29/h1-7,12,15H,8-11,13-14H2. The van der Waals surface area contributed by atoms with Gasteiger partial charge in [-0.3, -0.25) is 14.3 Å². The van der Waals surface area contributed by atoms with E-state index in [0.29, 0.717) is 36.7 Å². The van der Waals surface area contributed by atoms with Crippen molar-refractivity contribution < 1.29 is 4.74 Å². The van der Waals surface area contributed by atoms with Gasteiger partial charge in [0.15, 0.2) is 0 Å². The van der Waals surface area contributed by atoms with Crippen LogP contribution in [0.25, 0.3) is 22.2 Å². The van der Waals surface area contributed by atoms with Crippen LogP contribution in [0.15, 0.2) is 58.7 Å². The lowest BCUT2D eigenvalue weighted by Gasteiger charge is -2.27. The molecule has 0 aliphatic carbocycles. The van der Waals surface area contributed by atoms with Crippen LogP contribution < -0.4 is 5.56 Å². The molecule has 8 heteroatoms. The van der Waals surface area contributed by atoms with Gasteiger partial charge in [0, 0.05) is 29.1 Å². The second-order valence-corrected chi connectivity index (χ2v) is 8.84. The van der Waals surface area contributed by atoms with Crippen molar-refractivity contribution in [1.29, 1.82) is 0 Å². The highest BCUT2D eigenvalue weighted by atomic mass is 35.5. The topological polar surface area (TPSA) is 60.3 Å². The van der Waals surface area contributed by atoms with Crippen molar-refractivity contribution in [2.75, 3.05) is 26.3 Å². The Kier molecular flexibility index (Phi) is 5.82. The number of hydrogen-bond donors (Lipinski definition) is 0. The fourth-order valence-electron chi connectivity index (χ4n) is 3.76. The molecule has 1 saturated heterocycles. The van der Waals surface area contributed by atoms with Crippen LogP contribution in [0.1, 0.15) is 10.8 Å². The molecule has 158 valence electrons. The van der Waals surface area contributed by atoms with Crippen molar-refractivity contribution in [2.24, 2.45) is 0 Å². The molecule has 4 aromatic rings. The molecule has 0 unspecified atom stereocenters. The average molecular weight is 453 g/mol. The van der Waals surface area contributed by atoms with Crippen molar-refractivity contribution in [3.8, 4) is 11.3 Å². The maximum Gasteiger partial charge on any atom is 0.261 e. The minimum atomic E-state index is -0.0339. The van der Waals surface area contributed by atoms with Crippen LogP contribution >= 0.6 is 22.9 Å². The second kappa shape index (κ2) is 8.88. The second-order valence-electron chi connectivity index (χ2n) is 7.46. The molecule has 31 heavy (non-hydrogen) atoms. The number of para-hydroxylation sites is 1. The van der Waals surface area contributed by atoms with Gasteiger partial charge in [-0.25, -0.2) is 9.97 Å². The summed E-state index contributed by atoms with van der Waals surface area (Å²) in [6, 6.07) is 15.1. The summed E-state index contributed by atoms with van der Waals surface area (Å²) in [6.45, 7) is 4.07. The highest BCUT2D eigenvalue weighted by Crippen LogP contribution is 2.25. The monoisotopic (exact) mass is 452 g/mol. The van der Waals surface area contributed by atoms with Crippen LogP contribution in [0.2, 0.25) is 5.02 Å². The minimum absolute atomic E-state index is 0.0339. The molecule has 5 rings (SSSR count). The first-order valence-corrected chi connectivity index (χ1v) is 11.4. The molecule has 2 aromatic carbocycles. The van der Waals surface area contributed by atoms with Gasteiger partial charge < -0.3 is 4.74 Å². The molecule has 0 N–H and O–H groups in total. The number of aromatic nitrogens is 3. The molecule has 2 aromatic heterocycles. The molecular formula is C23H21ClN4O2S. The van der Waals surface area contributed by atoms with Gasteiger partial charge in [-0.05, 0) is 24.3 Å². The van der Waals surface area contributed by atoms with Crippen LogP contribution in [-0.4, -0.2) is 45.7 Å². The third kappa shape index (κ3) is 4.41. The number of nitrogens with zero attached hydrogens (tertiary/aromatic N) is 4. The molecule has 0 radical (unpaired) electrons. The first kappa shape index (κ1) is 20.3. The molecule has 0 atom stereocenters. The number of rotatable bonds is 5. The van der Waals surface area contributed by atoms with E-state index in [1.807, 2.05) is 53.9 Å². The highest BCUT2D eigenvalue weighted by Gasteiger charge is 2.18. The third-order valence-electron chi connectivity index (χ3n) is 5.37. The van der Waals surface area contributed by atoms with Crippen molar-refractivity contribution in [2.45, 2.75) is 13.1 Å². The van der Waals surface area contributed by atoms with E-state index in [9.17, 15) is 4.79 Å². The predicted octanol–water partition coefficient (Wildman–Crippen LogP) is 4.05. The van der Waals surface area contributed by atoms with Gasteiger partial charge in [0.1, 0.15) is 10.8 Å². The lowest BCUT2D eigenvalue weighted by molar-refractivity contribution is 0.0325. The maximum absolute atomic E-state index is 13.4. The molecule has 0 bridgehead atoms. The zero-order valence-corrected chi connectivity index (χ0v) is 18.4. The van der Waals surface area contributed by atoms with E-state index in [2.05, 4.69) is 4.90 Å². The molecular weight excluding hydrogens is 432 g/mol. The predicted molar refractivity (Wildman–Crippen MR) is 124 cm³/mol. The molecule has 0 spiro atoms. The minimum Gasteiger partial charge on any atom is -0.379 e. The Morgan fingerprint density at radius 2 is 1.87 bits per heavy atom. The Morgan fingerprint density at radius 3 is 2.71 bits per heavy atom. The average Bonchev–Trinajstić information content (AvgIpc) is 3.26. The van der Waals surface area contributed by atoms with Gasteiger partial charge in [-0.2, -0.15) is 0 Å². The van der Waals surface area contributed by atoms with Crippen LogP contribution in [0.3, 0.4) is 0 Å².